The first kappa shape index (κ1) is 14.0. The highest BCUT2D eigenvalue weighted by Gasteiger charge is 2.31. The van der Waals surface area contributed by atoms with Crippen LogP contribution in [0.3, 0.4) is 0 Å². The quantitative estimate of drug-likeness (QED) is 0.904. The molecule has 0 saturated carbocycles. The monoisotopic (exact) mass is 282 g/mol. The lowest BCUT2D eigenvalue weighted by atomic mass is 9.98. The molecule has 0 spiro atoms. The predicted molar refractivity (Wildman–Crippen MR) is 67.1 cm³/mol. The van der Waals surface area contributed by atoms with E-state index in [-0.39, 0.29) is 28.3 Å². The van der Waals surface area contributed by atoms with Crippen LogP contribution in [-0.4, -0.2) is 28.4 Å². The van der Waals surface area contributed by atoms with Gasteiger partial charge in [0.25, 0.3) is 5.92 Å². The van der Waals surface area contributed by atoms with Crippen molar-refractivity contribution in [3.63, 3.8) is 0 Å². The average molecular weight is 282 g/mol. The number of carboxylic acids is 1. The highest BCUT2D eigenvalue weighted by atomic mass is 19.3. The van der Waals surface area contributed by atoms with Gasteiger partial charge in [-0.15, -0.1) is 0 Å². The van der Waals surface area contributed by atoms with E-state index in [4.69, 9.17) is 9.84 Å². The Morgan fingerprint density at radius 2 is 2.15 bits per heavy atom. The largest absolute Gasteiger partial charge is 0.496 e. The third-order valence-electron chi connectivity index (χ3n) is 2.78. The number of hydrogen-bond donors (Lipinski definition) is 2. The van der Waals surface area contributed by atoms with Crippen LogP contribution in [-0.2, 0) is 5.92 Å². The molecule has 0 saturated heterocycles. The van der Waals surface area contributed by atoms with Crippen LogP contribution in [0.4, 0.5) is 8.78 Å². The number of nitrogens with zero attached hydrogens (tertiary/aromatic N) is 1. The van der Waals surface area contributed by atoms with Gasteiger partial charge in [0.1, 0.15) is 11.4 Å². The van der Waals surface area contributed by atoms with Crippen molar-refractivity contribution in [2.75, 3.05) is 7.11 Å². The maximum absolute atomic E-state index is 13.7. The summed E-state index contributed by atoms with van der Waals surface area (Å²) in [5.41, 5.74) is -0.292. The van der Waals surface area contributed by atoms with E-state index in [1.165, 1.54) is 31.4 Å². The molecule has 0 aliphatic carbocycles. The lowest BCUT2D eigenvalue weighted by Crippen LogP contribution is -2.10. The van der Waals surface area contributed by atoms with Crippen molar-refractivity contribution in [1.82, 2.24) is 10.2 Å². The minimum Gasteiger partial charge on any atom is -0.496 e. The zero-order valence-electron chi connectivity index (χ0n) is 10.8. The van der Waals surface area contributed by atoms with Crippen molar-refractivity contribution in [3.8, 4) is 17.0 Å². The molecule has 5 nitrogen and oxygen atoms in total. The lowest BCUT2D eigenvalue weighted by Gasteiger charge is -2.17. The Balaban J connectivity index is 2.66. The molecule has 1 aromatic heterocycles. The smallest absolute Gasteiger partial charge is 0.353 e. The molecular weight excluding hydrogens is 270 g/mol. The number of alkyl halides is 2. The van der Waals surface area contributed by atoms with Gasteiger partial charge in [-0.2, -0.15) is 5.10 Å². The van der Waals surface area contributed by atoms with E-state index in [0.717, 1.165) is 6.92 Å². The summed E-state index contributed by atoms with van der Waals surface area (Å²) < 4.78 is 32.4. The molecule has 2 N–H and O–H groups in total. The maximum Gasteiger partial charge on any atom is 0.353 e. The van der Waals surface area contributed by atoms with Crippen LogP contribution >= 0.6 is 0 Å². The van der Waals surface area contributed by atoms with E-state index < -0.39 is 11.9 Å². The lowest BCUT2D eigenvalue weighted by molar-refractivity contribution is 0.0179. The van der Waals surface area contributed by atoms with Crippen molar-refractivity contribution in [2.24, 2.45) is 0 Å². The number of hydrogen-bond acceptors (Lipinski definition) is 3. The summed E-state index contributed by atoms with van der Waals surface area (Å²) in [6.45, 7) is 0.760. The summed E-state index contributed by atoms with van der Waals surface area (Å²) in [6.07, 6.45) is 0. The van der Waals surface area contributed by atoms with E-state index in [9.17, 15) is 13.6 Å². The molecule has 0 fully saturated rings. The summed E-state index contributed by atoms with van der Waals surface area (Å²) >= 11 is 0. The molecule has 2 rings (SSSR count). The summed E-state index contributed by atoms with van der Waals surface area (Å²) in [6, 6.07) is 5.40. The molecule has 0 aliphatic rings. The first-order valence-corrected chi connectivity index (χ1v) is 5.69. The van der Waals surface area contributed by atoms with Crippen LogP contribution in [0.2, 0.25) is 0 Å². The van der Waals surface area contributed by atoms with Crippen LogP contribution in [0.5, 0.6) is 5.75 Å². The van der Waals surface area contributed by atoms with Crippen LogP contribution in [0.1, 0.15) is 23.0 Å². The fraction of sp³-hybridized carbons (Fsp3) is 0.231. The number of nitrogens with one attached hydrogen (secondary N) is 1. The van der Waals surface area contributed by atoms with Crippen LogP contribution in [0, 0.1) is 0 Å². The molecular formula is C13H12F2N2O3. The van der Waals surface area contributed by atoms with Gasteiger partial charge in [-0.1, -0.05) is 12.1 Å². The van der Waals surface area contributed by atoms with Gasteiger partial charge in [0, 0.05) is 12.5 Å². The second-order valence-corrected chi connectivity index (χ2v) is 4.24. The number of aromatic amines is 1. The molecule has 106 valence electrons. The van der Waals surface area contributed by atoms with Crippen molar-refractivity contribution in [3.05, 3.63) is 35.5 Å². The van der Waals surface area contributed by atoms with Gasteiger partial charge < -0.3 is 9.84 Å². The van der Waals surface area contributed by atoms with Crippen molar-refractivity contribution >= 4 is 5.97 Å². The Labute approximate surface area is 113 Å². The predicted octanol–water partition coefficient (Wildman–Crippen LogP) is 2.90. The number of aromatic nitrogens is 2. The topological polar surface area (TPSA) is 75.2 Å². The number of H-pyrrole nitrogens is 1. The van der Waals surface area contributed by atoms with Gasteiger partial charge in [-0.3, -0.25) is 5.10 Å². The Bertz CT molecular complexity index is 647. The van der Waals surface area contributed by atoms with Crippen LogP contribution < -0.4 is 4.74 Å². The van der Waals surface area contributed by atoms with Gasteiger partial charge in [0.05, 0.1) is 18.4 Å². The van der Waals surface area contributed by atoms with Gasteiger partial charge >= 0.3 is 5.97 Å². The minimum atomic E-state index is -3.10. The molecule has 0 unspecified atom stereocenters. The summed E-state index contributed by atoms with van der Waals surface area (Å²) in [4.78, 5) is 10.8. The zero-order chi connectivity index (χ0) is 14.9. The van der Waals surface area contributed by atoms with E-state index in [0.29, 0.717) is 0 Å². The second-order valence-electron chi connectivity index (χ2n) is 4.24. The van der Waals surface area contributed by atoms with Gasteiger partial charge in [0.15, 0.2) is 0 Å². The third kappa shape index (κ3) is 2.47. The van der Waals surface area contributed by atoms with E-state index >= 15 is 0 Å². The number of rotatable bonds is 4. The Hall–Kier alpha value is -2.44. The van der Waals surface area contributed by atoms with E-state index in [1.54, 1.807) is 0 Å². The third-order valence-corrected chi connectivity index (χ3v) is 2.78. The number of carbonyl (C=O) groups is 1. The number of halogens is 2. The Morgan fingerprint density at radius 3 is 2.65 bits per heavy atom. The highest BCUT2D eigenvalue weighted by molar-refractivity contribution is 5.87. The maximum atomic E-state index is 13.7. The van der Waals surface area contributed by atoms with Crippen LogP contribution in [0.25, 0.3) is 11.3 Å². The molecule has 0 aliphatic heterocycles. The normalized spacial score (nSPS) is 11.4. The van der Waals surface area contributed by atoms with Gasteiger partial charge in [-0.05, 0) is 12.1 Å². The molecule has 1 aromatic carbocycles. The fourth-order valence-electron chi connectivity index (χ4n) is 1.89. The molecule has 1 heterocycles. The molecule has 0 bridgehead atoms. The second kappa shape index (κ2) is 4.92. The molecule has 0 atom stereocenters. The molecule has 2 aromatic rings. The highest BCUT2D eigenvalue weighted by Crippen LogP contribution is 2.40. The average Bonchev–Trinajstić information content (AvgIpc) is 2.86. The van der Waals surface area contributed by atoms with Gasteiger partial charge in [0.2, 0.25) is 0 Å². The number of aromatic carboxylic acids is 1. The Morgan fingerprint density at radius 1 is 1.45 bits per heavy atom. The SMILES string of the molecule is COc1cccc(C(C)(F)F)c1-c1cc(C(=O)O)[nH]n1. The molecule has 0 amide bonds. The van der Waals surface area contributed by atoms with Crippen molar-refractivity contribution < 1.29 is 23.4 Å². The minimum absolute atomic E-state index is 0.0752. The zero-order valence-corrected chi connectivity index (χ0v) is 10.8. The standard InChI is InChI=1S/C13H12F2N2O3/c1-13(14,15)7-4-3-5-10(20-2)11(7)8-6-9(12(18)19)17-16-8/h3-6H,1-2H3,(H,16,17)(H,18,19). The summed E-state index contributed by atoms with van der Waals surface area (Å²) in [5.74, 6) is -4.12. The first-order valence-electron chi connectivity index (χ1n) is 5.69. The number of methoxy groups -OCH3 is 1. The van der Waals surface area contributed by atoms with E-state index in [2.05, 4.69) is 10.2 Å². The number of benzene rings is 1. The first-order chi connectivity index (χ1) is 9.34. The number of carboxylic acid groups (broad SMARTS) is 1. The van der Waals surface area contributed by atoms with Gasteiger partial charge in [-0.25, -0.2) is 13.6 Å². The van der Waals surface area contributed by atoms with Crippen LogP contribution in [0.15, 0.2) is 24.3 Å². The molecule has 0 radical (unpaired) electrons. The van der Waals surface area contributed by atoms with E-state index in [1.807, 2.05) is 0 Å². The van der Waals surface area contributed by atoms with Crippen molar-refractivity contribution in [2.45, 2.75) is 12.8 Å². The number of ether oxygens (including phenoxy) is 1. The molecule has 7 heteroatoms. The Kier molecular flexibility index (Phi) is 3.44. The summed E-state index contributed by atoms with van der Waals surface area (Å²) in [5, 5.41) is 14.9. The molecule has 20 heavy (non-hydrogen) atoms. The summed E-state index contributed by atoms with van der Waals surface area (Å²) in [7, 11) is 1.35. The fourth-order valence-corrected chi connectivity index (χ4v) is 1.89. The van der Waals surface area contributed by atoms with Crippen molar-refractivity contribution in [1.29, 1.82) is 0 Å².